The summed E-state index contributed by atoms with van der Waals surface area (Å²) in [6, 6.07) is 4.80. The molecule has 0 fully saturated rings. The Hall–Kier alpha value is -0.726. The van der Waals surface area contributed by atoms with Gasteiger partial charge in [-0.25, -0.2) is 6.07 Å². The molecule has 0 radical (unpaired) electrons. The van der Waals surface area contributed by atoms with Crippen molar-refractivity contribution in [2.75, 3.05) is 0 Å². The standard InChI is InChI=1S/C20H24.2FH.Ti/c1-3-7-19-15(5-1)9-11-17(19)13-14-18-12-10-16-6-2-4-8-20(16)18;;;/h9-12H,1-8,13-14H2;2*1H;/q;;;+2/p-2. The van der Waals surface area contributed by atoms with Gasteiger partial charge in [-0.05, 0) is 19.3 Å². The van der Waals surface area contributed by atoms with Gasteiger partial charge >= 0.3 is 21.7 Å². The predicted octanol–water partition coefficient (Wildman–Crippen LogP) is -0.763. The molecule has 0 atom stereocenters. The van der Waals surface area contributed by atoms with Gasteiger partial charge < -0.3 is 9.41 Å². The van der Waals surface area contributed by atoms with Crippen LogP contribution in [0.2, 0.25) is 0 Å². The zero-order valence-electron chi connectivity index (χ0n) is 13.6. The van der Waals surface area contributed by atoms with Crippen molar-refractivity contribution >= 4 is 0 Å². The first kappa shape index (κ1) is 20.3. The van der Waals surface area contributed by atoms with Crippen LogP contribution >= 0.6 is 0 Å². The SMILES string of the molecule is C1=C[C+](CC[c-]2ccc3c2CCCC3)C2=C1CCCC2.[F-].[F-].[Ti+2]. The molecule has 0 spiro atoms. The Balaban J connectivity index is 0.000000882. The van der Waals surface area contributed by atoms with Crippen molar-refractivity contribution < 1.29 is 31.1 Å². The maximum Gasteiger partial charge on any atom is 2.00 e. The molecule has 0 unspecified atom stereocenters. The van der Waals surface area contributed by atoms with Gasteiger partial charge in [0.2, 0.25) is 0 Å². The molecule has 0 saturated carbocycles. The van der Waals surface area contributed by atoms with Gasteiger partial charge in [-0.1, -0.05) is 32.1 Å². The van der Waals surface area contributed by atoms with Crippen molar-refractivity contribution in [1.29, 1.82) is 0 Å². The predicted molar refractivity (Wildman–Crippen MR) is 84.9 cm³/mol. The van der Waals surface area contributed by atoms with Gasteiger partial charge in [0.05, 0.1) is 29.2 Å². The van der Waals surface area contributed by atoms with Crippen LogP contribution in [0, 0.1) is 5.92 Å². The van der Waals surface area contributed by atoms with E-state index in [2.05, 4.69) is 24.3 Å². The van der Waals surface area contributed by atoms with Crippen LogP contribution in [0.3, 0.4) is 0 Å². The molecule has 0 aliphatic heterocycles. The van der Waals surface area contributed by atoms with E-state index < -0.39 is 0 Å². The normalized spacial score (nSPS) is 18.5. The number of hydrogen-bond acceptors (Lipinski definition) is 0. The summed E-state index contributed by atoms with van der Waals surface area (Å²) in [6.07, 6.45) is 18.2. The van der Waals surface area contributed by atoms with Crippen LogP contribution in [0.15, 0.2) is 35.4 Å². The second-order valence-corrected chi connectivity index (χ2v) is 6.64. The third-order valence-electron chi connectivity index (χ3n) is 5.43. The topological polar surface area (TPSA) is 0 Å². The summed E-state index contributed by atoms with van der Waals surface area (Å²) in [5.74, 6) is 1.64. The van der Waals surface area contributed by atoms with E-state index in [4.69, 9.17) is 0 Å². The Morgan fingerprint density at radius 3 is 2.57 bits per heavy atom. The smallest absolute Gasteiger partial charge is 1.00 e. The van der Waals surface area contributed by atoms with Gasteiger partial charge in [-0.2, -0.15) is 22.8 Å². The fourth-order valence-corrected chi connectivity index (χ4v) is 4.30. The van der Waals surface area contributed by atoms with Crippen molar-refractivity contribution in [2.45, 2.75) is 64.2 Å². The molecule has 1 aromatic carbocycles. The van der Waals surface area contributed by atoms with Crippen molar-refractivity contribution in [3.8, 4) is 0 Å². The molecule has 3 heteroatoms. The van der Waals surface area contributed by atoms with E-state index in [1.807, 2.05) is 0 Å². The Morgan fingerprint density at radius 2 is 1.70 bits per heavy atom. The maximum absolute atomic E-state index is 2.41. The zero-order valence-corrected chi connectivity index (χ0v) is 15.2. The minimum absolute atomic E-state index is 0. The second kappa shape index (κ2) is 8.94. The van der Waals surface area contributed by atoms with E-state index in [0.29, 0.717) is 0 Å². The molecule has 0 amide bonds. The average molecular weight is 350 g/mol. The van der Waals surface area contributed by atoms with Gasteiger partial charge in [0.1, 0.15) is 0 Å². The molecule has 0 aromatic heterocycles. The van der Waals surface area contributed by atoms with Gasteiger partial charge in [0.15, 0.2) is 0 Å². The summed E-state index contributed by atoms with van der Waals surface area (Å²) < 4.78 is 0. The third kappa shape index (κ3) is 4.03. The molecule has 0 saturated heterocycles. The van der Waals surface area contributed by atoms with Crippen LogP contribution in [0.25, 0.3) is 0 Å². The fraction of sp³-hybridized carbons (Fsp3) is 0.500. The number of rotatable bonds is 3. The molecule has 4 rings (SSSR count). The molecular formula is C20H24F2Ti. The van der Waals surface area contributed by atoms with Crippen molar-refractivity contribution in [3.05, 3.63) is 58.0 Å². The number of halogens is 2. The zero-order chi connectivity index (χ0) is 13.4. The van der Waals surface area contributed by atoms with Crippen molar-refractivity contribution in [3.63, 3.8) is 0 Å². The summed E-state index contributed by atoms with van der Waals surface area (Å²) in [6.45, 7) is 0. The molecule has 1 aromatic rings. The number of aryl methyl sites for hydroxylation is 2. The molecule has 23 heavy (non-hydrogen) atoms. The first-order valence-corrected chi connectivity index (χ1v) is 8.44. The molecule has 0 bridgehead atoms. The van der Waals surface area contributed by atoms with E-state index >= 15 is 0 Å². The van der Waals surface area contributed by atoms with Gasteiger partial charge in [-0.15, -0.1) is 0 Å². The number of fused-ring (bicyclic) bond motifs is 1. The fourth-order valence-electron chi connectivity index (χ4n) is 4.30. The van der Waals surface area contributed by atoms with E-state index in [0.717, 1.165) is 0 Å². The van der Waals surface area contributed by atoms with E-state index in [1.54, 1.807) is 33.8 Å². The van der Waals surface area contributed by atoms with Crippen LogP contribution in [0.5, 0.6) is 0 Å². The van der Waals surface area contributed by atoms with Crippen LogP contribution < -0.4 is 9.41 Å². The largest absolute Gasteiger partial charge is 2.00 e. The summed E-state index contributed by atoms with van der Waals surface area (Å²) in [4.78, 5) is 0. The van der Waals surface area contributed by atoms with Gasteiger partial charge in [0.25, 0.3) is 0 Å². The van der Waals surface area contributed by atoms with Crippen LogP contribution in [-0.4, -0.2) is 0 Å². The molecule has 0 nitrogen and oxygen atoms in total. The Morgan fingerprint density at radius 1 is 0.957 bits per heavy atom. The molecule has 122 valence electrons. The van der Waals surface area contributed by atoms with Crippen LogP contribution in [0.1, 0.15) is 61.6 Å². The first-order chi connectivity index (χ1) is 9.92. The quantitative estimate of drug-likeness (QED) is 0.497. The van der Waals surface area contributed by atoms with E-state index in [1.165, 1.54) is 64.2 Å². The molecule has 0 N–H and O–H groups in total. The summed E-state index contributed by atoms with van der Waals surface area (Å²) in [5.41, 5.74) is 8.35. The minimum Gasteiger partial charge on any atom is -1.00 e. The minimum atomic E-state index is 0. The number of allylic oxidation sites excluding steroid dienone is 4. The molecule has 3 aliphatic rings. The van der Waals surface area contributed by atoms with Crippen molar-refractivity contribution in [1.82, 2.24) is 0 Å². The Bertz CT molecular complexity index is 568. The van der Waals surface area contributed by atoms with E-state index in [-0.39, 0.29) is 31.1 Å². The average Bonchev–Trinajstić information content (AvgIpc) is 3.09. The van der Waals surface area contributed by atoms with Crippen molar-refractivity contribution in [2.24, 2.45) is 0 Å². The van der Waals surface area contributed by atoms with Gasteiger partial charge in [-0.3, -0.25) is 0 Å². The van der Waals surface area contributed by atoms with Gasteiger partial charge in [0, 0.05) is 12.8 Å². The summed E-state index contributed by atoms with van der Waals surface area (Å²) >= 11 is 0. The van der Waals surface area contributed by atoms with Crippen LogP contribution in [0.4, 0.5) is 0 Å². The first-order valence-electron chi connectivity index (χ1n) is 8.44. The van der Waals surface area contributed by atoms with E-state index in [9.17, 15) is 0 Å². The monoisotopic (exact) mass is 350 g/mol. The maximum atomic E-state index is 2.41. The molecule has 0 heterocycles. The Labute approximate surface area is 153 Å². The molecular weight excluding hydrogens is 326 g/mol. The number of hydrogen-bond donors (Lipinski definition) is 0. The van der Waals surface area contributed by atoms with Crippen LogP contribution in [-0.2, 0) is 41.0 Å². The third-order valence-corrected chi connectivity index (χ3v) is 5.43. The summed E-state index contributed by atoms with van der Waals surface area (Å²) in [5, 5.41) is 0. The second-order valence-electron chi connectivity index (χ2n) is 6.64. The Kier molecular flexibility index (Phi) is 7.90. The summed E-state index contributed by atoms with van der Waals surface area (Å²) in [7, 11) is 0. The molecule has 3 aliphatic carbocycles.